The molecule has 1 aliphatic carbocycles. The van der Waals surface area contributed by atoms with E-state index in [4.69, 9.17) is 0 Å². The van der Waals surface area contributed by atoms with Gasteiger partial charge in [-0.25, -0.2) is 14.4 Å². The van der Waals surface area contributed by atoms with Gasteiger partial charge < -0.3 is 19.8 Å². The van der Waals surface area contributed by atoms with Gasteiger partial charge in [0.1, 0.15) is 18.0 Å². The van der Waals surface area contributed by atoms with Gasteiger partial charge >= 0.3 is 0 Å². The Hall–Kier alpha value is -3.93. The highest BCUT2D eigenvalue weighted by Gasteiger charge is 2.32. The number of aromatic nitrogens is 6. The number of benzene rings is 1. The zero-order valence-electron chi connectivity index (χ0n) is 18.9. The molecule has 178 valence electrons. The lowest BCUT2D eigenvalue weighted by Gasteiger charge is -2.11. The molecule has 1 saturated carbocycles. The highest BCUT2D eigenvalue weighted by atomic mass is 32.1. The van der Waals surface area contributed by atoms with Crippen molar-refractivity contribution in [3.63, 3.8) is 0 Å². The maximum absolute atomic E-state index is 15.0. The average Bonchev–Trinajstić information content (AvgIpc) is 3.22. The normalized spacial score (nSPS) is 14.9. The summed E-state index contributed by atoms with van der Waals surface area (Å²) in [6.07, 6.45) is 5.38. The van der Waals surface area contributed by atoms with Gasteiger partial charge in [-0.05, 0) is 38.8 Å². The summed E-state index contributed by atoms with van der Waals surface area (Å²) in [5.74, 6) is -0.604. The van der Waals surface area contributed by atoms with Gasteiger partial charge in [-0.1, -0.05) is 0 Å². The van der Waals surface area contributed by atoms with Crippen LogP contribution < -0.4 is 10.6 Å². The standard InChI is InChI=1S/C23H21FN8O2S/c1-11(2)31-10-27-30-20(31)23-29-18(8-35-23)28-22(34)13-6-16-14(5-15(13)24)21(33)25-7-17-19(12-3-4-12)26-9-32(16)17/h5-6,8-12H,3-4,7H2,1-2H3,(H,25,33)(H,28,34). The van der Waals surface area contributed by atoms with Gasteiger partial charge in [0.25, 0.3) is 11.8 Å². The van der Waals surface area contributed by atoms with Crippen LogP contribution in [0.3, 0.4) is 0 Å². The molecule has 0 radical (unpaired) electrons. The van der Waals surface area contributed by atoms with Crippen LogP contribution in [0.15, 0.2) is 30.2 Å². The van der Waals surface area contributed by atoms with Crippen LogP contribution in [-0.4, -0.2) is 41.1 Å². The Kier molecular flexibility index (Phi) is 4.99. The fourth-order valence-electron chi connectivity index (χ4n) is 4.24. The molecular formula is C23H21FN8O2S. The quantitative estimate of drug-likeness (QED) is 0.439. The number of nitrogens with zero attached hydrogens (tertiary/aromatic N) is 6. The molecule has 2 aliphatic rings. The van der Waals surface area contributed by atoms with Crippen LogP contribution >= 0.6 is 11.3 Å². The van der Waals surface area contributed by atoms with E-state index < -0.39 is 17.6 Å². The number of hydrogen-bond donors (Lipinski definition) is 2. The summed E-state index contributed by atoms with van der Waals surface area (Å²) in [6, 6.07) is 2.64. The predicted molar refractivity (Wildman–Crippen MR) is 126 cm³/mol. The molecule has 1 aromatic carbocycles. The number of fused-ring (bicyclic) bond motifs is 3. The molecule has 2 amide bonds. The summed E-state index contributed by atoms with van der Waals surface area (Å²) < 4.78 is 18.7. The van der Waals surface area contributed by atoms with Crippen molar-refractivity contribution in [3.05, 3.63) is 58.5 Å². The first-order valence-corrected chi connectivity index (χ1v) is 12.1. The van der Waals surface area contributed by atoms with E-state index in [1.165, 1.54) is 17.4 Å². The van der Waals surface area contributed by atoms with E-state index in [1.54, 1.807) is 22.6 Å². The van der Waals surface area contributed by atoms with Crippen molar-refractivity contribution < 1.29 is 14.0 Å². The first-order valence-electron chi connectivity index (χ1n) is 11.3. The maximum Gasteiger partial charge on any atom is 0.259 e. The zero-order chi connectivity index (χ0) is 24.3. The molecule has 1 aliphatic heterocycles. The molecule has 2 N–H and O–H groups in total. The number of carbonyl (C=O) groups excluding carboxylic acids is 2. The molecule has 6 rings (SSSR count). The summed E-state index contributed by atoms with van der Waals surface area (Å²) in [5.41, 5.74) is 2.19. The van der Waals surface area contributed by atoms with Gasteiger partial charge in [0.2, 0.25) is 0 Å². The Labute approximate surface area is 203 Å². The van der Waals surface area contributed by atoms with Crippen molar-refractivity contribution in [1.82, 2.24) is 34.6 Å². The number of nitrogens with one attached hydrogen (secondary N) is 2. The topological polar surface area (TPSA) is 120 Å². The van der Waals surface area contributed by atoms with Crippen LogP contribution in [0.4, 0.5) is 10.2 Å². The van der Waals surface area contributed by atoms with Crippen molar-refractivity contribution in [2.24, 2.45) is 0 Å². The van der Waals surface area contributed by atoms with E-state index >= 15 is 4.39 Å². The first-order chi connectivity index (χ1) is 16.9. The largest absolute Gasteiger partial charge is 0.346 e. The summed E-state index contributed by atoms with van der Waals surface area (Å²) in [4.78, 5) is 34.7. The molecule has 35 heavy (non-hydrogen) atoms. The third-order valence-electron chi connectivity index (χ3n) is 6.18. The fraction of sp³-hybridized carbons (Fsp3) is 0.304. The number of imidazole rings is 1. The van der Waals surface area contributed by atoms with Crippen molar-refractivity contribution in [1.29, 1.82) is 0 Å². The monoisotopic (exact) mass is 492 g/mol. The molecule has 4 heterocycles. The molecule has 10 nitrogen and oxygen atoms in total. The molecule has 0 spiro atoms. The minimum atomic E-state index is -0.794. The summed E-state index contributed by atoms with van der Waals surface area (Å²) in [6.45, 7) is 4.30. The van der Waals surface area contributed by atoms with Crippen molar-refractivity contribution >= 4 is 29.0 Å². The SMILES string of the molecule is CC(C)n1cnnc1-c1nc(NC(=O)c2cc3c(cc2F)C(=O)NCc2c(C4CC4)ncn2-3)cs1. The maximum atomic E-state index is 15.0. The van der Waals surface area contributed by atoms with E-state index in [9.17, 15) is 9.59 Å². The zero-order valence-corrected chi connectivity index (χ0v) is 19.8. The number of thiazole rings is 1. The number of rotatable bonds is 5. The smallest absolute Gasteiger partial charge is 0.259 e. The van der Waals surface area contributed by atoms with Crippen LogP contribution in [0.25, 0.3) is 16.5 Å². The Morgan fingerprint density at radius 1 is 1.29 bits per heavy atom. The van der Waals surface area contributed by atoms with Gasteiger partial charge in [0.15, 0.2) is 10.8 Å². The Morgan fingerprint density at radius 2 is 2.11 bits per heavy atom. The van der Waals surface area contributed by atoms with Gasteiger partial charge in [-0.3, -0.25) is 9.59 Å². The Morgan fingerprint density at radius 3 is 2.89 bits per heavy atom. The molecule has 4 aromatic rings. The second-order valence-electron chi connectivity index (χ2n) is 8.90. The van der Waals surface area contributed by atoms with Crippen LogP contribution in [0.1, 0.15) is 70.8 Å². The third kappa shape index (κ3) is 3.70. The molecule has 1 fully saturated rings. The molecule has 3 aromatic heterocycles. The minimum Gasteiger partial charge on any atom is -0.346 e. The van der Waals surface area contributed by atoms with Crippen LogP contribution in [0.2, 0.25) is 0 Å². The fourth-order valence-corrected chi connectivity index (χ4v) is 4.97. The molecule has 0 atom stereocenters. The van der Waals surface area contributed by atoms with Gasteiger partial charge in [0.05, 0.1) is 41.1 Å². The molecule has 0 unspecified atom stereocenters. The highest BCUT2D eigenvalue weighted by molar-refractivity contribution is 7.13. The lowest BCUT2D eigenvalue weighted by Crippen LogP contribution is -2.22. The van der Waals surface area contributed by atoms with Gasteiger partial charge in [0, 0.05) is 17.3 Å². The summed E-state index contributed by atoms with van der Waals surface area (Å²) in [7, 11) is 0. The predicted octanol–water partition coefficient (Wildman–Crippen LogP) is 3.68. The van der Waals surface area contributed by atoms with Crippen LogP contribution in [0.5, 0.6) is 0 Å². The van der Waals surface area contributed by atoms with E-state index in [2.05, 4.69) is 30.8 Å². The average molecular weight is 493 g/mol. The number of carbonyl (C=O) groups is 2. The van der Waals surface area contributed by atoms with Gasteiger partial charge in [-0.15, -0.1) is 21.5 Å². The van der Waals surface area contributed by atoms with Crippen molar-refractivity contribution in [2.75, 3.05) is 5.32 Å². The van der Waals surface area contributed by atoms with Crippen LogP contribution in [-0.2, 0) is 6.54 Å². The van der Waals surface area contributed by atoms with Gasteiger partial charge in [-0.2, -0.15) is 0 Å². The van der Waals surface area contributed by atoms with E-state index in [-0.39, 0.29) is 23.0 Å². The van der Waals surface area contributed by atoms with E-state index in [0.29, 0.717) is 29.0 Å². The number of anilines is 1. The molecule has 0 saturated heterocycles. The molecule has 12 heteroatoms. The minimum absolute atomic E-state index is 0.140. The second-order valence-corrected chi connectivity index (χ2v) is 9.76. The third-order valence-corrected chi connectivity index (χ3v) is 7.02. The Bertz CT molecular complexity index is 1480. The highest BCUT2D eigenvalue weighted by Crippen LogP contribution is 2.42. The van der Waals surface area contributed by atoms with Crippen LogP contribution in [0, 0.1) is 5.82 Å². The summed E-state index contributed by atoms with van der Waals surface area (Å²) in [5, 5.41) is 15.8. The van der Waals surface area contributed by atoms with E-state index in [0.717, 1.165) is 30.3 Å². The lowest BCUT2D eigenvalue weighted by atomic mass is 10.1. The molecule has 0 bridgehead atoms. The van der Waals surface area contributed by atoms with Crippen molar-refractivity contribution in [3.8, 4) is 16.5 Å². The number of amides is 2. The summed E-state index contributed by atoms with van der Waals surface area (Å²) >= 11 is 1.30. The Balaban J connectivity index is 1.33. The molecular weight excluding hydrogens is 471 g/mol. The number of hydrogen-bond acceptors (Lipinski definition) is 7. The lowest BCUT2D eigenvalue weighted by molar-refractivity contribution is 0.0950. The first kappa shape index (κ1) is 21.6. The van der Waals surface area contributed by atoms with Crippen molar-refractivity contribution in [2.45, 2.75) is 45.2 Å². The number of halogens is 1. The van der Waals surface area contributed by atoms with E-state index in [1.807, 2.05) is 18.4 Å². The second kappa shape index (κ2) is 8.08.